The van der Waals surface area contributed by atoms with Crippen molar-refractivity contribution >= 4 is 36.8 Å². The zero-order valence-electron chi connectivity index (χ0n) is 44.5. The fourth-order valence-corrected chi connectivity index (χ4v) is 12.0. The van der Waals surface area contributed by atoms with Crippen LogP contribution in [0.3, 0.4) is 0 Å². The lowest BCUT2D eigenvalue weighted by Crippen LogP contribution is -2.61. The fraction of sp³-hybridized carbons (Fsp3) is 0.759. The number of allylic oxidation sites excluding steroid dienone is 6. The van der Waals surface area contributed by atoms with Gasteiger partial charge in [0.25, 0.3) is 11.7 Å². The van der Waals surface area contributed by atoms with Crippen LogP contribution < -0.4 is 0 Å². The third-order valence-corrected chi connectivity index (χ3v) is 16.5. The monoisotopic (exact) mass is 1020 g/mol. The van der Waals surface area contributed by atoms with E-state index < -0.39 is 97.6 Å². The lowest BCUT2D eigenvalue weighted by Gasteiger charge is -2.42. The zero-order valence-corrected chi connectivity index (χ0v) is 45.4. The molecule has 71 heavy (non-hydrogen) atoms. The molecule has 2 N–H and O–H groups in total. The van der Waals surface area contributed by atoms with Gasteiger partial charge in [-0.15, -0.1) is 0 Å². The average molecular weight is 1020 g/mol. The molecule has 7 unspecified atom stereocenters. The Bertz CT molecular complexity index is 1980. The zero-order chi connectivity index (χ0) is 52.8. The van der Waals surface area contributed by atoms with E-state index in [1.807, 2.05) is 58.1 Å². The van der Waals surface area contributed by atoms with Gasteiger partial charge in [-0.05, 0) is 114 Å². The number of hydrogen-bond donors (Lipinski definition) is 2. The number of carbonyl (C=O) groups excluding carboxylic acids is 5. The summed E-state index contributed by atoms with van der Waals surface area (Å²) in [5.41, 5.74) is 1.24. The Balaban J connectivity index is 1.70. The van der Waals surface area contributed by atoms with Crippen molar-refractivity contribution < 1.29 is 71.5 Å². The first-order valence-corrected chi connectivity index (χ1v) is 27.9. The maximum Gasteiger partial charge on any atom is 0.329 e. The van der Waals surface area contributed by atoms with E-state index in [0.717, 1.165) is 5.57 Å². The lowest BCUT2D eigenvalue weighted by molar-refractivity contribution is -0.265. The normalized spacial score (nSPS) is 38.9. The third-order valence-electron chi connectivity index (χ3n) is 15.1. The SMILES string of the molecule is CCOP(C)(=O)O[C@@H]1CCC(C[C@@H](C)[C@@H]2CC(=O)[C@H](C)/C=C(\C)C(O)[C@@H](OC)C(=O)[C@H](C)C[C@H](C)/C=C/C=C/C=C(\C)[C@@H](OC)C[C@@H]3CCC(C)C(O)(O3)C(=O)C(=O)N3CCCCC3C(=O)O2)CC1OC. The number of nitrogens with zero attached hydrogens (tertiary/aromatic N) is 1. The molecule has 17 heteroatoms. The first kappa shape index (κ1) is 60.4. The number of aliphatic hydroxyl groups excluding tert-OH is 1. The molecule has 0 aromatic heterocycles. The quantitative estimate of drug-likeness (QED) is 0.0917. The van der Waals surface area contributed by atoms with Crippen molar-refractivity contribution in [3.8, 4) is 0 Å². The smallest absolute Gasteiger partial charge is 0.329 e. The summed E-state index contributed by atoms with van der Waals surface area (Å²) in [5.74, 6) is -8.26. The number of esters is 1. The van der Waals surface area contributed by atoms with E-state index in [1.165, 1.54) is 18.7 Å². The van der Waals surface area contributed by atoms with Gasteiger partial charge in [0.1, 0.15) is 30.1 Å². The number of methoxy groups -OCH3 is 3. The second kappa shape index (κ2) is 27.9. The number of piperidine rings is 1. The highest BCUT2D eigenvalue weighted by Crippen LogP contribution is 2.48. The molecule has 4 rings (SSSR count). The molecule has 1 saturated carbocycles. The van der Waals surface area contributed by atoms with Gasteiger partial charge < -0.3 is 47.8 Å². The fourth-order valence-electron chi connectivity index (χ4n) is 10.7. The standard InChI is InChI=1S/C54H86NO15P/c1-13-67-71(12,63)70-44-25-23-40(30-47(44)65-10)29-36(5)46-32-43(56)35(4)28-38(7)49(58)50(66-11)48(57)37(6)27-33(2)19-15-14-16-20-34(3)45(64-9)31-41-24-22-39(8)54(62,69-41)51(59)52(60)55-26-18-17-21-42(55)53(61)68-46/h14-16,19-20,28,33,35-37,39-42,44-47,49-50,58,62H,13,17-18,21-27,29-32H2,1-12H3/b16-14+,19-15+,34-20+,38-28+/t33-,35-,36-,37-,39?,40?,41+,42?,44-,45+,46+,47?,49?,50+,54?,71?/m1/s1. The highest BCUT2D eigenvalue weighted by molar-refractivity contribution is 7.53. The number of hydrogen-bond acceptors (Lipinski definition) is 15. The molecule has 0 spiro atoms. The molecule has 2 bridgehead atoms. The Morgan fingerprint density at radius 1 is 0.873 bits per heavy atom. The van der Waals surface area contributed by atoms with Gasteiger partial charge in [-0.3, -0.25) is 23.7 Å². The van der Waals surface area contributed by atoms with Crippen molar-refractivity contribution in [3.63, 3.8) is 0 Å². The predicted octanol–water partition coefficient (Wildman–Crippen LogP) is 8.06. The van der Waals surface area contributed by atoms with Crippen LogP contribution in [0.15, 0.2) is 47.6 Å². The number of cyclic esters (lactones) is 1. The molecule has 3 fully saturated rings. The molecule has 402 valence electrons. The summed E-state index contributed by atoms with van der Waals surface area (Å²) in [6, 6.07) is -1.17. The van der Waals surface area contributed by atoms with Crippen LogP contribution in [0, 0.1) is 35.5 Å². The molecule has 0 radical (unpaired) electrons. The summed E-state index contributed by atoms with van der Waals surface area (Å²) in [4.78, 5) is 72.4. The summed E-state index contributed by atoms with van der Waals surface area (Å²) in [6.45, 7) is 16.1. The van der Waals surface area contributed by atoms with Crippen LogP contribution in [0.1, 0.15) is 132 Å². The first-order valence-electron chi connectivity index (χ1n) is 25.9. The summed E-state index contributed by atoms with van der Waals surface area (Å²) in [6.07, 6.45) is 10.8. The van der Waals surface area contributed by atoms with Crippen molar-refractivity contribution in [1.29, 1.82) is 0 Å². The van der Waals surface area contributed by atoms with Gasteiger partial charge in [0.05, 0.1) is 31.0 Å². The van der Waals surface area contributed by atoms with Crippen molar-refractivity contribution in [2.45, 2.75) is 187 Å². The largest absolute Gasteiger partial charge is 0.460 e. The topological polar surface area (TPSA) is 211 Å². The van der Waals surface area contributed by atoms with Gasteiger partial charge in [-0.25, -0.2) is 4.79 Å². The Labute approximate surface area is 423 Å². The summed E-state index contributed by atoms with van der Waals surface area (Å²) >= 11 is 0. The van der Waals surface area contributed by atoms with Gasteiger partial charge in [0.2, 0.25) is 5.79 Å². The van der Waals surface area contributed by atoms with Gasteiger partial charge in [-0.2, -0.15) is 0 Å². The molecular weight excluding hydrogens is 934 g/mol. The van der Waals surface area contributed by atoms with Crippen LogP contribution in [0.5, 0.6) is 0 Å². The number of ketones is 3. The number of Topliss-reactive ketones (excluding diaryl/α,β-unsaturated/α-hetero) is 3. The molecular formula is C54H86NO15P. The Morgan fingerprint density at radius 3 is 2.25 bits per heavy atom. The number of fused-ring (bicyclic) bond motifs is 3. The minimum atomic E-state index is -3.32. The molecule has 1 amide bonds. The van der Waals surface area contributed by atoms with E-state index in [4.69, 9.17) is 32.7 Å². The van der Waals surface area contributed by atoms with Crippen LogP contribution in [0.2, 0.25) is 0 Å². The third kappa shape index (κ3) is 16.7. The molecule has 0 aromatic carbocycles. The van der Waals surface area contributed by atoms with Crippen LogP contribution in [-0.2, 0) is 61.3 Å². The van der Waals surface area contributed by atoms with Crippen LogP contribution in [0.25, 0.3) is 0 Å². The summed E-state index contributed by atoms with van der Waals surface area (Å²) < 4.78 is 54.0. The molecule has 2 saturated heterocycles. The highest BCUT2D eigenvalue weighted by Gasteiger charge is 2.53. The lowest BCUT2D eigenvalue weighted by atomic mass is 9.78. The Kier molecular flexibility index (Phi) is 23.7. The van der Waals surface area contributed by atoms with Crippen LogP contribution >= 0.6 is 7.60 Å². The number of amides is 1. The minimum Gasteiger partial charge on any atom is -0.460 e. The summed E-state index contributed by atoms with van der Waals surface area (Å²) in [5, 5.41) is 23.5. The maximum atomic E-state index is 14.5. The van der Waals surface area contributed by atoms with E-state index in [-0.39, 0.29) is 55.3 Å². The molecule has 3 aliphatic heterocycles. The predicted molar refractivity (Wildman–Crippen MR) is 269 cm³/mol. The van der Waals surface area contributed by atoms with Crippen LogP contribution in [-0.4, -0.2) is 140 Å². The number of rotatable bonds is 10. The van der Waals surface area contributed by atoms with E-state index in [2.05, 4.69) is 0 Å². The van der Waals surface area contributed by atoms with Gasteiger partial charge in [-0.1, -0.05) is 71.1 Å². The Morgan fingerprint density at radius 2 is 1.59 bits per heavy atom. The van der Waals surface area contributed by atoms with Gasteiger partial charge in [0.15, 0.2) is 5.78 Å². The molecule has 16 atom stereocenters. The average Bonchev–Trinajstić information content (AvgIpc) is 3.33. The molecule has 0 aromatic rings. The first-order chi connectivity index (χ1) is 33.5. The molecule has 1 aliphatic carbocycles. The molecule has 4 aliphatic rings. The van der Waals surface area contributed by atoms with Gasteiger partial charge >= 0.3 is 13.6 Å². The Hall–Kier alpha value is -3.18. The molecule has 3 heterocycles. The number of aliphatic hydroxyl groups is 2. The van der Waals surface area contributed by atoms with Gasteiger partial charge in [0, 0.05) is 65.1 Å². The second-order valence-corrected chi connectivity index (χ2v) is 22.9. The molecule has 16 nitrogen and oxygen atoms in total. The van der Waals surface area contributed by atoms with Crippen LogP contribution in [0.4, 0.5) is 0 Å². The van der Waals surface area contributed by atoms with Crippen molar-refractivity contribution in [3.05, 3.63) is 47.6 Å². The minimum absolute atomic E-state index is 0.00668. The van der Waals surface area contributed by atoms with Crippen molar-refractivity contribution in [2.75, 3.05) is 41.1 Å². The van der Waals surface area contributed by atoms with Crippen molar-refractivity contribution in [1.82, 2.24) is 4.90 Å². The number of carbonyl (C=O) groups is 5. The van der Waals surface area contributed by atoms with E-state index >= 15 is 0 Å². The van der Waals surface area contributed by atoms with E-state index in [0.29, 0.717) is 69.8 Å². The highest BCUT2D eigenvalue weighted by atomic mass is 31.2. The van der Waals surface area contributed by atoms with E-state index in [9.17, 15) is 38.8 Å². The van der Waals surface area contributed by atoms with E-state index in [1.54, 1.807) is 48.0 Å². The number of ether oxygens (including phenoxy) is 5. The maximum absolute atomic E-state index is 14.5. The van der Waals surface area contributed by atoms with Crippen molar-refractivity contribution in [2.24, 2.45) is 35.5 Å². The second-order valence-electron chi connectivity index (χ2n) is 20.9. The summed E-state index contributed by atoms with van der Waals surface area (Å²) in [7, 11) is 1.20.